The predicted octanol–water partition coefficient (Wildman–Crippen LogP) is 2.35. The number of hydrogen-bond acceptors (Lipinski definition) is 6. The van der Waals surface area contributed by atoms with Gasteiger partial charge in [0.05, 0.1) is 16.9 Å². The molecule has 1 aromatic carbocycles. The maximum absolute atomic E-state index is 14.0. The number of nitrogens with two attached hydrogens (primary N) is 1. The van der Waals surface area contributed by atoms with E-state index < -0.39 is 43.1 Å². The molecular weight excluding hydrogens is 389 g/mol. The normalized spacial score (nSPS) is 16.6. The van der Waals surface area contributed by atoms with Crippen LogP contribution in [0, 0.1) is 21.8 Å². The second-order valence-electron chi connectivity index (χ2n) is 6.08. The first-order valence-corrected chi connectivity index (χ1v) is 9.52. The molecule has 1 saturated carbocycles. The summed E-state index contributed by atoms with van der Waals surface area (Å²) in [7, 11) is -3.08. The van der Waals surface area contributed by atoms with Gasteiger partial charge >= 0.3 is 5.69 Å². The largest absolute Gasteiger partial charge is 0.488 e. The fraction of sp³-hybridized carbons (Fsp3) is 0.600. The van der Waals surface area contributed by atoms with Gasteiger partial charge in [0, 0.05) is 18.7 Å². The second-order valence-corrected chi connectivity index (χ2v) is 7.79. The minimum absolute atomic E-state index is 0. The van der Waals surface area contributed by atoms with E-state index in [9.17, 15) is 22.9 Å². The van der Waals surface area contributed by atoms with Gasteiger partial charge < -0.3 is 10.5 Å². The van der Waals surface area contributed by atoms with Gasteiger partial charge in [-0.2, -0.15) is 0 Å². The Morgan fingerprint density at radius 3 is 2.50 bits per heavy atom. The summed E-state index contributed by atoms with van der Waals surface area (Å²) < 4.78 is 46.3. The van der Waals surface area contributed by atoms with Crippen molar-refractivity contribution in [3.05, 3.63) is 28.1 Å². The number of nitrogens with zero attached hydrogens (tertiary/aromatic N) is 1. The van der Waals surface area contributed by atoms with Crippen LogP contribution < -0.4 is 15.2 Å². The molecular formula is C15H23ClFN3O5S. The monoisotopic (exact) mass is 411 g/mol. The Balaban J connectivity index is 0.00000338. The number of hydrogen-bond donors (Lipinski definition) is 2. The molecule has 11 heteroatoms. The highest BCUT2D eigenvalue weighted by atomic mass is 35.5. The van der Waals surface area contributed by atoms with Crippen LogP contribution in [0.15, 0.2) is 17.0 Å². The maximum Gasteiger partial charge on any atom is 0.315 e. The lowest BCUT2D eigenvalue weighted by Gasteiger charge is -2.29. The number of nitrogens with one attached hydrogen (secondary N) is 1. The van der Waals surface area contributed by atoms with E-state index in [1.807, 2.05) is 0 Å². The van der Waals surface area contributed by atoms with Crippen LogP contribution in [0.2, 0.25) is 0 Å². The zero-order valence-corrected chi connectivity index (χ0v) is 15.9. The molecule has 0 aromatic heterocycles. The van der Waals surface area contributed by atoms with Crippen LogP contribution in [-0.2, 0) is 10.0 Å². The predicted molar refractivity (Wildman–Crippen MR) is 96.6 cm³/mol. The van der Waals surface area contributed by atoms with Gasteiger partial charge in [0.2, 0.25) is 15.8 Å². The van der Waals surface area contributed by atoms with Crippen molar-refractivity contribution in [1.82, 2.24) is 4.72 Å². The molecule has 1 unspecified atom stereocenters. The van der Waals surface area contributed by atoms with Crippen LogP contribution in [0.1, 0.15) is 32.1 Å². The van der Waals surface area contributed by atoms with Crippen LogP contribution in [-0.4, -0.2) is 33.0 Å². The summed E-state index contributed by atoms with van der Waals surface area (Å²) in [6.45, 7) is 0.102. The summed E-state index contributed by atoms with van der Waals surface area (Å²) in [4.78, 5) is 9.65. The van der Waals surface area contributed by atoms with Crippen molar-refractivity contribution in [2.45, 2.75) is 43.0 Å². The van der Waals surface area contributed by atoms with E-state index >= 15 is 0 Å². The van der Waals surface area contributed by atoms with E-state index in [0.717, 1.165) is 45.3 Å². The molecule has 1 aromatic rings. The van der Waals surface area contributed by atoms with Crippen molar-refractivity contribution in [1.29, 1.82) is 0 Å². The highest BCUT2D eigenvalue weighted by molar-refractivity contribution is 7.89. The van der Waals surface area contributed by atoms with E-state index in [-0.39, 0.29) is 24.9 Å². The van der Waals surface area contributed by atoms with Gasteiger partial charge in [-0.05, 0) is 24.8 Å². The highest BCUT2D eigenvalue weighted by Crippen LogP contribution is 2.33. The van der Waals surface area contributed by atoms with Crippen molar-refractivity contribution in [2.75, 3.05) is 13.7 Å². The summed E-state index contributed by atoms with van der Waals surface area (Å²) in [6.07, 6.45) is 4.84. The molecule has 1 atom stereocenters. The Morgan fingerprint density at radius 2 is 2.00 bits per heavy atom. The minimum Gasteiger partial charge on any atom is -0.488 e. The molecule has 0 amide bonds. The lowest BCUT2D eigenvalue weighted by atomic mass is 9.84. The van der Waals surface area contributed by atoms with Crippen molar-refractivity contribution in [3.63, 3.8) is 0 Å². The number of sulfonamides is 1. The molecule has 0 bridgehead atoms. The number of halogens is 2. The second kappa shape index (κ2) is 9.45. The van der Waals surface area contributed by atoms with Crippen molar-refractivity contribution in [2.24, 2.45) is 11.7 Å². The topological polar surface area (TPSA) is 125 Å². The number of benzene rings is 1. The SMILES string of the molecule is COc1c(F)cc(S(=O)(=O)NC(CN)C2CCCCC2)cc1[N+](=O)[O-].Cl. The first-order valence-electron chi connectivity index (χ1n) is 8.04. The smallest absolute Gasteiger partial charge is 0.315 e. The summed E-state index contributed by atoms with van der Waals surface area (Å²) >= 11 is 0. The Labute approximate surface area is 157 Å². The Morgan fingerprint density at radius 1 is 1.38 bits per heavy atom. The Hall–Kier alpha value is -1.49. The molecule has 148 valence electrons. The molecule has 0 spiro atoms. The Kier molecular flexibility index (Phi) is 8.19. The fourth-order valence-electron chi connectivity index (χ4n) is 3.19. The van der Waals surface area contributed by atoms with E-state index in [2.05, 4.69) is 9.46 Å². The molecule has 0 heterocycles. The van der Waals surface area contributed by atoms with Crippen molar-refractivity contribution in [3.8, 4) is 5.75 Å². The van der Waals surface area contributed by atoms with E-state index in [1.54, 1.807) is 0 Å². The van der Waals surface area contributed by atoms with E-state index in [1.165, 1.54) is 0 Å². The van der Waals surface area contributed by atoms with Gasteiger partial charge in [-0.1, -0.05) is 19.3 Å². The first kappa shape index (κ1) is 22.6. The average Bonchev–Trinajstić information content (AvgIpc) is 2.59. The number of methoxy groups -OCH3 is 1. The van der Waals surface area contributed by atoms with Gasteiger partial charge in [-0.25, -0.2) is 17.5 Å². The van der Waals surface area contributed by atoms with Crippen molar-refractivity contribution < 1.29 is 22.5 Å². The zero-order valence-electron chi connectivity index (χ0n) is 14.3. The number of nitro groups is 1. The quantitative estimate of drug-likeness (QED) is 0.524. The molecule has 0 aliphatic heterocycles. The molecule has 1 aliphatic carbocycles. The summed E-state index contributed by atoms with van der Waals surface area (Å²) in [5.74, 6) is -1.61. The van der Waals surface area contributed by atoms with Gasteiger partial charge in [0.25, 0.3) is 0 Å². The fourth-order valence-corrected chi connectivity index (χ4v) is 4.54. The van der Waals surface area contributed by atoms with Gasteiger partial charge in [-0.3, -0.25) is 10.1 Å². The zero-order chi connectivity index (χ0) is 18.6. The molecule has 2 rings (SSSR count). The third-order valence-electron chi connectivity index (χ3n) is 4.49. The minimum atomic E-state index is -4.15. The standard InChI is InChI=1S/C15H22FN3O5S.ClH/c1-24-15-12(16)7-11(8-14(15)19(20)21)25(22,23)18-13(9-17)10-5-3-2-4-6-10;/h7-8,10,13,18H,2-6,9,17H2,1H3;1H. The van der Waals surface area contributed by atoms with E-state index in [0.29, 0.717) is 6.07 Å². The Bertz CT molecular complexity index is 741. The number of ether oxygens (including phenoxy) is 1. The average molecular weight is 412 g/mol. The van der Waals surface area contributed by atoms with Gasteiger partial charge in [0.15, 0.2) is 5.82 Å². The maximum atomic E-state index is 14.0. The summed E-state index contributed by atoms with van der Waals surface area (Å²) in [5.41, 5.74) is 4.97. The molecule has 26 heavy (non-hydrogen) atoms. The number of nitro benzene ring substituents is 1. The van der Waals surface area contributed by atoms with Gasteiger partial charge in [-0.15, -0.1) is 12.4 Å². The molecule has 8 nitrogen and oxygen atoms in total. The summed E-state index contributed by atoms with van der Waals surface area (Å²) in [5, 5.41) is 11.1. The van der Waals surface area contributed by atoms with Crippen LogP contribution in [0.4, 0.5) is 10.1 Å². The molecule has 1 fully saturated rings. The molecule has 1 aliphatic rings. The molecule has 3 N–H and O–H groups in total. The summed E-state index contributed by atoms with van der Waals surface area (Å²) in [6, 6.07) is 1.01. The lowest BCUT2D eigenvalue weighted by Crippen LogP contribution is -2.45. The molecule has 0 saturated heterocycles. The highest BCUT2D eigenvalue weighted by Gasteiger charge is 2.30. The van der Waals surface area contributed by atoms with Crippen LogP contribution in [0.3, 0.4) is 0 Å². The third-order valence-corrected chi connectivity index (χ3v) is 5.96. The van der Waals surface area contributed by atoms with Crippen LogP contribution >= 0.6 is 12.4 Å². The van der Waals surface area contributed by atoms with Gasteiger partial charge in [0.1, 0.15) is 0 Å². The van der Waals surface area contributed by atoms with Crippen molar-refractivity contribution >= 4 is 28.1 Å². The van der Waals surface area contributed by atoms with Crippen LogP contribution in [0.5, 0.6) is 5.75 Å². The third kappa shape index (κ3) is 5.03. The lowest BCUT2D eigenvalue weighted by molar-refractivity contribution is -0.386. The first-order chi connectivity index (χ1) is 11.8. The molecule has 0 radical (unpaired) electrons. The van der Waals surface area contributed by atoms with Crippen LogP contribution in [0.25, 0.3) is 0 Å². The van der Waals surface area contributed by atoms with E-state index in [4.69, 9.17) is 5.73 Å². The number of rotatable bonds is 7.